The van der Waals surface area contributed by atoms with Gasteiger partial charge in [-0.3, -0.25) is 0 Å². The second-order valence-electron chi connectivity index (χ2n) is 6.41. The summed E-state index contributed by atoms with van der Waals surface area (Å²) in [5.41, 5.74) is 2.70. The van der Waals surface area contributed by atoms with Gasteiger partial charge in [-0.25, -0.2) is 0 Å². The summed E-state index contributed by atoms with van der Waals surface area (Å²) in [5, 5.41) is 12.6. The molecular formula is C17H27BrN2O. The predicted octanol–water partition coefficient (Wildman–Crippen LogP) is 3.40. The first kappa shape index (κ1) is 16.8. The van der Waals surface area contributed by atoms with E-state index in [1.54, 1.807) is 0 Å². The van der Waals surface area contributed by atoms with Crippen LogP contribution in [0.4, 0.5) is 5.69 Å². The SMILES string of the molecule is CC(C)CNCc1cc(Br)ccc1N1CCC(CCO)C1. The van der Waals surface area contributed by atoms with Gasteiger partial charge in [0.05, 0.1) is 0 Å². The van der Waals surface area contributed by atoms with Crippen LogP contribution in [0.2, 0.25) is 0 Å². The van der Waals surface area contributed by atoms with E-state index in [0.29, 0.717) is 18.4 Å². The molecule has 1 aromatic rings. The van der Waals surface area contributed by atoms with Crippen LogP contribution in [0.15, 0.2) is 22.7 Å². The van der Waals surface area contributed by atoms with Crippen LogP contribution in [0, 0.1) is 11.8 Å². The molecule has 0 saturated carbocycles. The summed E-state index contributed by atoms with van der Waals surface area (Å²) in [4.78, 5) is 2.47. The summed E-state index contributed by atoms with van der Waals surface area (Å²) in [6.45, 7) is 8.89. The van der Waals surface area contributed by atoms with E-state index in [1.807, 2.05) is 0 Å². The van der Waals surface area contributed by atoms with Crippen molar-refractivity contribution in [3.63, 3.8) is 0 Å². The third-order valence-electron chi connectivity index (χ3n) is 4.07. The van der Waals surface area contributed by atoms with Crippen LogP contribution < -0.4 is 10.2 Å². The number of aliphatic hydroxyl groups is 1. The molecule has 1 unspecified atom stereocenters. The molecule has 1 aliphatic rings. The van der Waals surface area contributed by atoms with Crippen molar-refractivity contribution in [3.05, 3.63) is 28.2 Å². The van der Waals surface area contributed by atoms with Crippen LogP contribution in [0.1, 0.15) is 32.3 Å². The molecule has 0 aromatic heterocycles. The maximum atomic E-state index is 9.11. The first-order valence-corrected chi connectivity index (χ1v) is 8.74. The third kappa shape index (κ3) is 4.97. The van der Waals surface area contributed by atoms with Crippen molar-refractivity contribution in [1.29, 1.82) is 0 Å². The molecule has 0 amide bonds. The Morgan fingerprint density at radius 3 is 2.95 bits per heavy atom. The first-order chi connectivity index (χ1) is 10.1. The number of nitrogens with one attached hydrogen (secondary N) is 1. The maximum Gasteiger partial charge on any atom is 0.0434 e. The highest BCUT2D eigenvalue weighted by Crippen LogP contribution is 2.30. The molecule has 4 heteroatoms. The number of halogens is 1. The number of aliphatic hydroxyl groups excluding tert-OH is 1. The van der Waals surface area contributed by atoms with Crippen molar-refractivity contribution in [2.45, 2.75) is 33.2 Å². The van der Waals surface area contributed by atoms with E-state index in [9.17, 15) is 0 Å². The van der Waals surface area contributed by atoms with E-state index in [-0.39, 0.29) is 0 Å². The Labute approximate surface area is 136 Å². The van der Waals surface area contributed by atoms with Gasteiger partial charge in [-0.15, -0.1) is 0 Å². The van der Waals surface area contributed by atoms with Crippen LogP contribution in [0.25, 0.3) is 0 Å². The molecule has 0 radical (unpaired) electrons. The fourth-order valence-electron chi connectivity index (χ4n) is 2.97. The van der Waals surface area contributed by atoms with Gasteiger partial charge < -0.3 is 15.3 Å². The normalized spacial score (nSPS) is 18.7. The second-order valence-corrected chi connectivity index (χ2v) is 7.33. The Morgan fingerprint density at radius 2 is 2.24 bits per heavy atom. The highest BCUT2D eigenvalue weighted by Gasteiger charge is 2.23. The van der Waals surface area contributed by atoms with Gasteiger partial charge in [-0.05, 0) is 55.0 Å². The molecule has 0 bridgehead atoms. The lowest BCUT2D eigenvalue weighted by Gasteiger charge is -2.23. The first-order valence-electron chi connectivity index (χ1n) is 7.95. The summed E-state index contributed by atoms with van der Waals surface area (Å²) in [6, 6.07) is 6.57. The number of nitrogens with zero attached hydrogens (tertiary/aromatic N) is 1. The summed E-state index contributed by atoms with van der Waals surface area (Å²) in [7, 11) is 0. The van der Waals surface area contributed by atoms with E-state index >= 15 is 0 Å². The molecule has 21 heavy (non-hydrogen) atoms. The van der Waals surface area contributed by atoms with Gasteiger partial charge in [0.1, 0.15) is 0 Å². The molecule has 2 N–H and O–H groups in total. The Morgan fingerprint density at radius 1 is 1.43 bits per heavy atom. The fraction of sp³-hybridized carbons (Fsp3) is 0.647. The van der Waals surface area contributed by atoms with Gasteiger partial charge in [0.15, 0.2) is 0 Å². The largest absolute Gasteiger partial charge is 0.396 e. The van der Waals surface area contributed by atoms with Crippen molar-refractivity contribution in [3.8, 4) is 0 Å². The Hall–Kier alpha value is -0.580. The number of hydrogen-bond donors (Lipinski definition) is 2. The van der Waals surface area contributed by atoms with Crippen molar-refractivity contribution >= 4 is 21.6 Å². The molecule has 1 heterocycles. The molecule has 1 saturated heterocycles. The van der Waals surface area contributed by atoms with Gasteiger partial charge in [0.25, 0.3) is 0 Å². The molecule has 0 spiro atoms. The fourth-order valence-corrected chi connectivity index (χ4v) is 3.38. The van der Waals surface area contributed by atoms with Crippen molar-refractivity contribution in [2.75, 3.05) is 31.1 Å². The molecule has 1 aromatic carbocycles. The van der Waals surface area contributed by atoms with Gasteiger partial charge in [-0.2, -0.15) is 0 Å². The topological polar surface area (TPSA) is 35.5 Å². The van der Waals surface area contributed by atoms with Crippen molar-refractivity contribution in [2.24, 2.45) is 11.8 Å². The molecule has 2 rings (SSSR count). The summed E-state index contributed by atoms with van der Waals surface area (Å²) in [6.07, 6.45) is 2.11. The summed E-state index contributed by atoms with van der Waals surface area (Å²) in [5.74, 6) is 1.30. The quantitative estimate of drug-likeness (QED) is 0.787. The van der Waals surface area contributed by atoms with Crippen LogP contribution >= 0.6 is 15.9 Å². The molecule has 1 fully saturated rings. The molecule has 1 atom stereocenters. The van der Waals surface area contributed by atoms with Crippen LogP contribution in [0.5, 0.6) is 0 Å². The Bertz CT molecular complexity index is 450. The van der Waals surface area contributed by atoms with Crippen LogP contribution in [-0.4, -0.2) is 31.3 Å². The van der Waals surface area contributed by atoms with Gasteiger partial charge in [0.2, 0.25) is 0 Å². The molecule has 1 aliphatic heterocycles. The van der Waals surface area contributed by atoms with Gasteiger partial charge >= 0.3 is 0 Å². The molecular weight excluding hydrogens is 328 g/mol. The third-order valence-corrected chi connectivity index (χ3v) is 4.57. The Kier molecular flexibility index (Phi) is 6.52. The van der Waals surface area contributed by atoms with E-state index in [2.05, 4.69) is 58.2 Å². The smallest absolute Gasteiger partial charge is 0.0434 e. The van der Waals surface area contributed by atoms with E-state index in [0.717, 1.165) is 37.1 Å². The van der Waals surface area contributed by atoms with E-state index < -0.39 is 0 Å². The zero-order valence-corrected chi connectivity index (χ0v) is 14.7. The lowest BCUT2D eigenvalue weighted by molar-refractivity contribution is 0.263. The number of rotatable bonds is 7. The highest BCUT2D eigenvalue weighted by molar-refractivity contribution is 9.10. The van der Waals surface area contributed by atoms with E-state index in [1.165, 1.54) is 17.7 Å². The minimum absolute atomic E-state index is 0.307. The van der Waals surface area contributed by atoms with Crippen LogP contribution in [0.3, 0.4) is 0 Å². The average molecular weight is 355 g/mol. The highest BCUT2D eigenvalue weighted by atomic mass is 79.9. The van der Waals surface area contributed by atoms with E-state index in [4.69, 9.17) is 5.11 Å². The minimum Gasteiger partial charge on any atom is -0.396 e. The van der Waals surface area contributed by atoms with Crippen LogP contribution in [-0.2, 0) is 6.54 Å². The monoisotopic (exact) mass is 354 g/mol. The Balaban J connectivity index is 2.04. The zero-order valence-electron chi connectivity index (χ0n) is 13.1. The van der Waals surface area contributed by atoms with Crippen molar-refractivity contribution < 1.29 is 5.11 Å². The summed E-state index contributed by atoms with van der Waals surface area (Å²) >= 11 is 3.58. The van der Waals surface area contributed by atoms with Crippen molar-refractivity contribution in [1.82, 2.24) is 5.32 Å². The molecule has 3 nitrogen and oxygen atoms in total. The number of hydrogen-bond acceptors (Lipinski definition) is 3. The van der Waals surface area contributed by atoms with Gasteiger partial charge in [0, 0.05) is 36.4 Å². The number of benzene rings is 1. The zero-order chi connectivity index (χ0) is 15.2. The molecule has 0 aliphatic carbocycles. The molecule has 118 valence electrons. The maximum absolute atomic E-state index is 9.11. The standard InChI is InChI=1S/C17H27BrN2O/c1-13(2)10-19-11-15-9-16(18)3-4-17(15)20-7-5-14(12-20)6-8-21/h3-4,9,13-14,19,21H,5-8,10-12H2,1-2H3. The lowest BCUT2D eigenvalue weighted by Crippen LogP contribution is -2.24. The number of anilines is 1. The van der Waals surface area contributed by atoms with Gasteiger partial charge in [-0.1, -0.05) is 29.8 Å². The minimum atomic E-state index is 0.307. The summed E-state index contributed by atoms with van der Waals surface area (Å²) < 4.78 is 1.14. The predicted molar refractivity (Wildman–Crippen MR) is 92.7 cm³/mol. The second kappa shape index (κ2) is 8.16. The lowest BCUT2D eigenvalue weighted by atomic mass is 10.1. The average Bonchev–Trinajstić information content (AvgIpc) is 2.87.